The van der Waals surface area contributed by atoms with E-state index < -0.39 is 6.10 Å². The van der Waals surface area contributed by atoms with Crippen LogP contribution in [-0.2, 0) is 24.3 Å². The van der Waals surface area contributed by atoms with Crippen molar-refractivity contribution in [2.45, 2.75) is 39.5 Å². The Morgan fingerprint density at radius 2 is 2.00 bits per heavy atom. The van der Waals surface area contributed by atoms with Crippen LogP contribution in [0.4, 0.5) is 5.82 Å². The average Bonchev–Trinajstić information content (AvgIpc) is 2.65. The van der Waals surface area contributed by atoms with Gasteiger partial charge in [-0.05, 0) is 29.5 Å². The number of hydrogen-bond donors (Lipinski definition) is 2. The second-order valence-corrected chi connectivity index (χ2v) is 6.83. The fraction of sp³-hybridized carbons (Fsp3) is 0.400. The van der Waals surface area contributed by atoms with Gasteiger partial charge in [0, 0.05) is 31.4 Å². The topological polar surface area (TPSA) is 65.5 Å². The third-order valence-electron chi connectivity index (χ3n) is 4.65. The van der Waals surface area contributed by atoms with E-state index in [0.717, 1.165) is 30.9 Å². The van der Waals surface area contributed by atoms with E-state index in [1.54, 1.807) is 6.20 Å². The molecule has 1 atom stereocenters. The van der Waals surface area contributed by atoms with Crippen LogP contribution in [0, 0.1) is 5.92 Å². The SMILES string of the molecule is CC(C)[C@@H](O)C(=O)NCc1cccnc1N1CCc2ccccc2C1. The zero-order valence-electron chi connectivity index (χ0n) is 14.8. The van der Waals surface area contributed by atoms with Crippen molar-refractivity contribution >= 4 is 11.7 Å². The lowest BCUT2D eigenvalue weighted by atomic mass is 9.99. The first-order chi connectivity index (χ1) is 12.1. The average molecular weight is 339 g/mol. The van der Waals surface area contributed by atoms with Crippen molar-refractivity contribution in [2.24, 2.45) is 5.92 Å². The summed E-state index contributed by atoms with van der Waals surface area (Å²) in [7, 11) is 0. The zero-order valence-corrected chi connectivity index (χ0v) is 14.8. The fourth-order valence-corrected chi connectivity index (χ4v) is 3.12. The Balaban J connectivity index is 1.73. The van der Waals surface area contributed by atoms with Crippen LogP contribution >= 0.6 is 0 Å². The molecule has 2 aromatic rings. The molecule has 3 rings (SSSR count). The van der Waals surface area contributed by atoms with Gasteiger partial charge in [-0.3, -0.25) is 4.79 Å². The smallest absolute Gasteiger partial charge is 0.249 e. The minimum Gasteiger partial charge on any atom is -0.383 e. The zero-order chi connectivity index (χ0) is 17.8. The predicted octanol–water partition coefficient (Wildman–Crippen LogP) is 2.28. The molecule has 1 aromatic heterocycles. The molecular weight excluding hydrogens is 314 g/mol. The molecule has 0 bridgehead atoms. The van der Waals surface area contributed by atoms with E-state index in [1.165, 1.54) is 11.1 Å². The molecule has 132 valence electrons. The summed E-state index contributed by atoms with van der Waals surface area (Å²) in [6.45, 7) is 5.74. The summed E-state index contributed by atoms with van der Waals surface area (Å²) < 4.78 is 0. The maximum atomic E-state index is 12.0. The number of carbonyl (C=O) groups is 1. The van der Waals surface area contributed by atoms with Gasteiger partial charge in [0.25, 0.3) is 0 Å². The lowest BCUT2D eigenvalue weighted by Gasteiger charge is -2.31. The van der Waals surface area contributed by atoms with Gasteiger partial charge in [-0.25, -0.2) is 4.98 Å². The van der Waals surface area contributed by atoms with E-state index in [2.05, 4.69) is 39.5 Å². The Kier molecular flexibility index (Phi) is 5.34. The first kappa shape index (κ1) is 17.4. The van der Waals surface area contributed by atoms with Crippen LogP contribution in [-0.4, -0.2) is 28.6 Å². The van der Waals surface area contributed by atoms with Crippen molar-refractivity contribution in [3.63, 3.8) is 0 Å². The van der Waals surface area contributed by atoms with Crippen LogP contribution in [0.1, 0.15) is 30.5 Å². The molecule has 1 aromatic carbocycles. The number of nitrogens with one attached hydrogen (secondary N) is 1. The largest absolute Gasteiger partial charge is 0.383 e. The lowest BCUT2D eigenvalue weighted by molar-refractivity contribution is -0.131. The molecule has 0 aliphatic carbocycles. The highest BCUT2D eigenvalue weighted by molar-refractivity contribution is 5.80. The van der Waals surface area contributed by atoms with Gasteiger partial charge in [-0.2, -0.15) is 0 Å². The number of pyridine rings is 1. The number of aliphatic hydroxyl groups excluding tert-OH is 1. The predicted molar refractivity (Wildman–Crippen MR) is 98.1 cm³/mol. The molecule has 2 N–H and O–H groups in total. The van der Waals surface area contributed by atoms with E-state index in [1.807, 2.05) is 26.0 Å². The Labute approximate surface area is 148 Å². The Bertz CT molecular complexity index is 745. The van der Waals surface area contributed by atoms with Crippen molar-refractivity contribution in [2.75, 3.05) is 11.4 Å². The molecule has 0 spiro atoms. The van der Waals surface area contributed by atoms with Crippen LogP contribution < -0.4 is 10.2 Å². The number of aliphatic hydroxyl groups is 1. The molecule has 0 saturated heterocycles. The number of fused-ring (bicyclic) bond motifs is 1. The summed E-state index contributed by atoms with van der Waals surface area (Å²) in [6.07, 6.45) is 1.79. The van der Waals surface area contributed by atoms with Gasteiger partial charge in [0.1, 0.15) is 11.9 Å². The Hall–Kier alpha value is -2.40. The summed E-state index contributed by atoms with van der Waals surface area (Å²) in [5.74, 6) is 0.456. The first-order valence-corrected chi connectivity index (χ1v) is 8.77. The van der Waals surface area contributed by atoms with E-state index in [4.69, 9.17) is 0 Å². The maximum absolute atomic E-state index is 12.0. The normalized spacial score (nSPS) is 15.0. The molecule has 1 aliphatic heterocycles. The van der Waals surface area contributed by atoms with Crippen LogP contribution in [0.25, 0.3) is 0 Å². The molecule has 2 heterocycles. The van der Waals surface area contributed by atoms with E-state index >= 15 is 0 Å². The van der Waals surface area contributed by atoms with Crippen molar-refractivity contribution in [3.05, 3.63) is 59.3 Å². The highest BCUT2D eigenvalue weighted by Crippen LogP contribution is 2.25. The summed E-state index contributed by atoms with van der Waals surface area (Å²) in [5.41, 5.74) is 3.68. The second-order valence-electron chi connectivity index (χ2n) is 6.83. The number of anilines is 1. The molecule has 0 radical (unpaired) electrons. The molecule has 25 heavy (non-hydrogen) atoms. The lowest BCUT2D eigenvalue weighted by Crippen LogP contribution is -2.38. The highest BCUT2D eigenvalue weighted by Gasteiger charge is 2.21. The standard InChI is InChI=1S/C20H25N3O2/c1-14(2)18(24)20(25)22-12-16-8-5-10-21-19(16)23-11-9-15-6-3-4-7-17(15)13-23/h3-8,10,14,18,24H,9,11-13H2,1-2H3,(H,22,25)/t18-/m1/s1. The molecule has 5 heteroatoms. The summed E-state index contributed by atoms with van der Waals surface area (Å²) in [4.78, 5) is 18.8. The van der Waals surface area contributed by atoms with Gasteiger partial charge >= 0.3 is 0 Å². The summed E-state index contributed by atoms with van der Waals surface area (Å²) >= 11 is 0. The molecule has 1 aliphatic rings. The second kappa shape index (κ2) is 7.66. The van der Waals surface area contributed by atoms with Gasteiger partial charge in [-0.15, -0.1) is 0 Å². The fourth-order valence-electron chi connectivity index (χ4n) is 3.12. The number of carbonyl (C=O) groups excluding carboxylic acids is 1. The van der Waals surface area contributed by atoms with Crippen LogP contribution in [0.2, 0.25) is 0 Å². The summed E-state index contributed by atoms with van der Waals surface area (Å²) in [5, 5.41) is 12.7. The molecule has 0 saturated carbocycles. The van der Waals surface area contributed by atoms with Crippen LogP contribution in [0.3, 0.4) is 0 Å². The minimum absolute atomic E-state index is 0.105. The van der Waals surface area contributed by atoms with Gasteiger partial charge < -0.3 is 15.3 Å². The number of rotatable bonds is 5. The van der Waals surface area contributed by atoms with Gasteiger partial charge in [-0.1, -0.05) is 44.2 Å². The molecule has 1 amide bonds. The number of aromatic nitrogens is 1. The monoisotopic (exact) mass is 339 g/mol. The van der Waals surface area contributed by atoms with Crippen molar-refractivity contribution in [3.8, 4) is 0 Å². The number of nitrogens with zero attached hydrogens (tertiary/aromatic N) is 2. The van der Waals surface area contributed by atoms with Gasteiger partial charge in [0.15, 0.2) is 0 Å². The molecule has 0 unspecified atom stereocenters. The summed E-state index contributed by atoms with van der Waals surface area (Å²) in [6, 6.07) is 12.3. The van der Waals surface area contributed by atoms with Crippen molar-refractivity contribution in [1.29, 1.82) is 0 Å². The first-order valence-electron chi connectivity index (χ1n) is 8.77. The van der Waals surface area contributed by atoms with Crippen molar-refractivity contribution in [1.82, 2.24) is 10.3 Å². The van der Waals surface area contributed by atoms with E-state index in [0.29, 0.717) is 6.54 Å². The number of hydrogen-bond acceptors (Lipinski definition) is 4. The third-order valence-corrected chi connectivity index (χ3v) is 4.65. The van der Waals surface area contributed by atoms with Gasteiger partial charge in [0.2, 0.25) is 5.91 Å². The minimum atomic E-state index is -0.984. The van der Waals surface area contributed by atoms with E-state index in [9.17, 15) is 9.90 Å². The highest BCUT2D eigenvalue weighted by atomic mass is 16.3. The van der Waals surface area contributed by atoms with E-state index in [-0.39, 0.29) is 11.8 Å². The Morgan fingerprint density at radius 1 is 1.24 bits per heavy atom. The quantitative estimate of drug-likeness (QED) is 0.877. The number of benzene rings is 1. The molecular formula is C20H25N3O2. The van der Waals surface area contributed by atoms with Crippen LogP contribution in [0.5, 0.6) is 0 Å². The number of amides is 1. The Morgan fingerprint density at radius 3 is 2.76 bits per heavy atom. The maximum Gasteiger partial charge on any atom is 0.249 e. The molecule has 0 fully saturated rings. The van der Waals surface area contributed by atoms with Crippen LogP contribution in [0.15, 0.2) is 42.6 Å². The van der Waals surface area contributed by atoms with Crippen molar-refractivity contribution < 1.29 is 9.90 Å². The third kappa shape index (κ3) is 3.99. The van der Waals surface area contributed by atoms with Gasteiger partial charge in [0.05, 0.1) is 0 Å². The molecule has 5 nitrogen and oxygen atoms in total.